The Hall–Kier alpha value is -0.167. The van der Waals surface area contributed by atoms with E-state index >= 15 is 0 Å². The van der Waals surface area contributed by atoms with Crippen LogP contribution in [0.15, 0.2) is 0 Å². The fourth-order valence-corrected chi connectivity index (χ4v) is 0.495. The van der Waals surface area contributed by atoms with Crippen LogP contribution in [-0.2, 0) is 19.5 Å². The van der Waals surface area contributed by atoms with E-state index in [0.29, 0.717) is 0 Å². The molecule has 0 fully saturated rings. The molecular formula is C5H7N2Rh-. The monoisotopic (exact) mass is 198 g/mol. The third kappa shape index (κ3) is 1.75. The Bertz CT molecular complexity index is 143. The molecule has 1 rings (SSSR count). The molecule has 1 N–H and O–H groups in total. The fraction of sp³-hybridized carbons (Fsp3) is 0.400. The minimum atomic E-state index is 0. The van der Waals surface area contributed by atoms with Crippen LogP contribution in [0.1, 0.15) is 11.5 Å². The summed E-state index contributed by atoms with van der Waals surface area (Å²) < 4.78 is 0. The largest absolute Gasteiger partial charge is 0.439 e. The van der Waals surface area contributed by atoms with Crippen LogP contribution < -0.4 is 0 Å². The summed E-state index contributed by atoms with van der Waals surface area (Å²) in [4.78, 5) is 6.81. The van der Waals surface area contributed by atoms with Crippen LogP contribution in [0.25, 0.3) is 0 Å². The maximum absolute atomic E-state index is 3.84. The van der Waals surface area contributed by atoms with Crippen LogP contribution in [0, 0.1) is 20.0 Å². The number of hydrogen-bond donors (Lipinski definition) is 1. The third-order valence-electron chi connectivity index (χ3n) is 0.760. The first-order valence-electron chi connectivity index (χ1n) is 2.20. The van der Waals surface area contributed by atoms with E-state index in [9.17, 15) is 0 Å². The van der Waals surface area contributed by atoms with Gasteiger partial charge < -0.3 is 9.97 Å². The number of hydrogen-bond acceptors (Lipinski definition) is 1. The Labute approximate surface area is 61.5 Å². The van der Waals surface area contributed by atoms with E-state index in [-0.39, 0.29) is 19.5 Å². The average molecular weight is 198 g/mol. The van der Waals surface area contributed by atoms with Crippen LogP contribution in [0.5, 0.6) is 0 Å². The normalized spacial score (nSPS) is 8.25. The maximum atomic E-state index is 3.84. The van der Waals surface area contributed by atoms with Gasteiger partial charge in [-0.3, -0.25) is 0 Å². The zero-order chi connectivity index (χ0) is 5.28. The molecule has 0 aliphatic carbocycles. The number of nitrogens with one attached hydrogen (secondary N) is 1. The summed E-state index contributed by atoms with van der Waals surface area (Å²) in [6.45, 7) is 3.84. The van der Waals surface area contributed by atoms with E-state index < -0.39 is 0 Å². The van der Waals surface area contributed by atoms with Crippen LogP contribution in [0.3, 0.4) is 0 Å². The van der Waals surface area contributed by atoms with Gasteiger partial charge in [0, 0.05) is 19.5 Å². The van der Waals surface area contributed by atoms with Crippen molar-refractivity contribution in [3.63, 3.8) is 0 Å². The topological polar surface area (TPSA) is 28.7 Å². The van der Waals surface area contributed by atoms with Crippen LogP contribution >= 0.6 is 0 Å². The summed E-state index contributed by atoms with van der Waals surface area (Å²) in [7, 11) is 0. The van der Waals surface area contributed by atoms with Gasteiger partial charge in [-0.2, -0.15) is 0 Å². The molecule has 0 saturated heterocycles. The molecule has 0 bridgehead atoms. The van der Waals surface area contributed by atoms with Gasteiger partial charge in [-0.1, -0.05) is 18.4 Å². The van der Waals surface area contributed by atoms with E-state index in [4.69, 9.17) is 0 Å². The van der Waals surface area contributed by atoms with Crippen LogP contribution in [0.4, 0.5) is 0 Å². The Morgan fingerprint density at radius 3 is 2.25 bits per heavy atom. The molecule has 47 valence electrons. The Morgan fingerprint density at radius 2 is 2.12 bits per heavy atom. The second-order valence-corrected chi connectivity index (χ2v) is 1.56. The fourth-order valence-electron chi connectivity index (χ4n) is 0.495. The molecule has 0 saturated carbocycles. The van der Waals surface area contributed by atoms with Crippen molar-refractivity contribution in [2.24, 2.45) is 0 Å². The molecule has 3 heteroatoms. The number of H-pyrrole nitrogens is 1. The van der Waals surface area contributed by atoms with Crippen molar-refractivity contribution < 1.29 is 19.5 Å². The van der Waals surface area contributed by atoms with Gasteiger partial charge in [0.1, 0.15) is 0 Å². The van der Waals surface area contributed by atoms with E-state index in [1.165, 1.54) is 0 Å². The number of rotatable bonds is 0. The third-order valence-corrected chi connectivity index (χ3v) is 0.760. The van der Waals surface area contributed by atoms with E-state index in [0.717, 1.165) is 11.5 Å². The number of nitrogens with zero attached hydrogens (tertiary/aromatic N) is 1. The van der Waals surface area contributed by atoms with Crippen LogP contribution in [0.2, 0.25) is 0 Å². The quantitative estimate of drug-likeness (QED) is 0.485. The number of imidazole rings is 1. The van der Waals surface area contributed by atoms with Crippen molar-refractivity contribution >= 4 is 0 Å². The molecule has 1 radical (unpaired) electrons. The summed E-state index contributed by atoms with van der Waals surface area (Å²) in [5, 5.41) is 0. The van der Waals surface area contributed by atoms with E-state index in [2.05, 4.69) is 16.2 Å². The number of aromatic amines is 1. The molecule has 0 aliphatic rings. The summed E-state index contributed by atoms with van der Waals surface area (Å²) in [5.74, 6) is 0.928. The first-order valence-corrected chi connectivity index (χ1v) is 2.20. The van der Waals surface area contributed by atoms with Gasteiger partial charge >= 0.3 is 0 Å². The van der Waals surface area contributed by atoms with Gasteiger partial charge in [0.05, 0.1) is 0 Å². The van der Waals surface area contributed by atoms with Gasteiger partial charge in [-0.05, 0) is 6.92 Å². The molecule has 0 atom stereocenters. The Morgan fingerprint density at radius 1 is 1.50 bits per heavy atom. The standard InChI is InChI=1S/C5H7N2.Rh/c1-4-3-6-5(2)7-4;/h1-2H3,(H,6,7);/q-1;. The molecule has 1 aromatic rings. The molecule has 2 nitrogen and oxygen atoms in total. The van der Waals surface area contributed by atoms with Gasteiger partial charge in [0.2, 0.25) is 0 Å². The summed E-state index contributed by atoms with van der Waals surface area (Å²) in [6, 6.07) is 0. The van der Waals surface area contributed by atoms with Gasteiger partial charge in [0.15, 0.2) is 0 Å². The van der Waals surface area contributed by atoms with Gasteiger partial charge in [0.25, 0.3) is 0 Å². The Balaban J connectivity index is 0.000000490. The first-order chi connectivity index (χ1) is 3.29. The van der Waals surface area contributed by atoms with Crippen molar-refractivity contribution in [1.29, 1.82) is 0 Å². The zero-order valence-electron chi connectivity index (χ0n) is 4.78. The SMILES string of the molecule is Cc1[c-]nc(C)[nH]1.[Rh]. The first kappa shape index (κ1) is 7.83. The minimum Gasteiger partial charge on any atom is -0.439 e. The van der Waals surface area contributed by atoms with Crippen LogP contribution in [-0.4, -0.2) is 9.97 Å². The molecule has 8 heavy (non-hydrogen) atoms. The molecule has 0 spiro atoms. The van der Waals surface area contributed by atoms with E-state index in [1.54, 1.807) is 0 Å². The number of aromatic nitrogens is 2. The van der Waals surface area contributed by atoms with Crippen molar-refractivity contribution in [2.75, 3.05) is 0 Å². The molecule has 1 aromatic heterocycles. The van der Waals surface area contributed by atoms with Gasteiger partial charge in [-0.15, -0.1) is 6.20 Å². The number of aryl methyl sites for hydroxylation is 2. The smallest absolute Gasteiger partial charge is 0 e. The molecule has 0 aromatic carbocycles. The average Bonchev–Trinajstić information content (AvgIpc) is 1.87. The molecule has 0 amide bonds. The van der Waals surface area contributed by atoms with Crippen molar-refractivity contribution in [3.05, 3.63) is 17.7 Å². The summed E-state index contributed by atoms with van der Waals surface area (Å²) in [6.07, 6.45) is 2.76. The second kappa shape index (κ2) is 2.98. The van der Waals surface area contributed by atoms with Crippen molar-refractivity contribution in [2.45, 2.75) is 13.8 Å². The second-order valence-electron chi connectivity index (χ2n) is 1.56. The molecule has 0 unspecified atom stereocenters. The minimum absolute atomic E-state index is 0. The maximum Gasteiger partial charge on any atom is 0 e. The van der Waals surface area contributed by atoms with Crippen molar-refractivity contribution in [3.8, 4) is 0 Å². The predicted octanol–water partition coefficient (Wildman–Crippen LogP) is 0.824. The molecular weight excluding hydrogens is 191 g/mol. The van der Waals surface area contributed by atoms with Gasteiger partial charge in [-0.25, -0.2) is 0 Å². The molecule has 0 aliphatic heterocycles. The molecule has 1 heterocycles. The Kier molecular flexibility index (Phi) is 2.92. The summed E-state index contributed by atoms with van der Waals surface area (Å²) in [5.41, 5.74) is 0.998. The van der Waals surface area contributed by atoms with Crippen molar-refractivity contribution in [1.82, 2.24) is 9.97 Å². The summed E-state index contributed by atoms with van der Waals surface area (Å²) >= 11 is 0. The predicted molar refractivity (Wildman–Crippen MR) is 26.9 cm³/mol. The zero-order valence-corrected chi connectivity index (χ0v) is 6.42. The van der Waals surface area contributed by atoms with E-state index in [1.807, 2.05) is 13.8 Å².